The number of aromatic nitrogens is 3. The molecule has 0 bridgehead atoms. The van der Waals surface area contributed by atoms with E-state index in [-0.39, 0.29) is 24.1 Å². The predicted molar refractivity (Wildman–Crippen MR) is 106 cm³/mol. The van der Waals surface area contributed by atoms with Crippen molar-refractivity contribution in [3.8, 4) is 5.75 Å². The third-order valence-corrected chi connectivity index (χ3v) is 6.06. The van der Waals surface area contributed by atoms with Gasteiger partial charge in [0.1, 0.15) is 17.4 Å². The first kappa shape index (κ1) is 20.0. The minimum atomic E-state index is 0. The number of piperidine rings is 1. The monoisotopic (exact) mass is 409 g/mol. The van der Waals surface area contributed by atoms with Crippen LogP contribution in [0, 0.1) is 0 Å². The molecule has 1 saturated heterocycles. The number of rotatable bonds is 4. The minimum Gasteiger partial charge on any atom is -0.508 e. The van der Waals surface area contributed by atoms with Gasteiger partial charge in [-0.1, -0.05) is 0 Å². The lowest BCUT2D eigenvalue weighted by Gasteiger charge is -2.32. The first-order chi connectivity index (χ1) is 12.7. The van der Waals surface area contributed by atoms with Crippen molar-refractivity contribution >= 4 is 30.1 Å². The Morgan fingerprint density at radius 1 is 1.19 bits per heavy atom. The van der Waals surface area contributed by atoms with Gasteiger partial charge in [0, 0.05) is 37.0 Å². The van der Waals surface area contributed by atoms with Crippen LogP contribution in [0.25, 0.3) is 0 Å². The molecule has 0 spiro atoms. The zero-order valence-corrected chi connectivity index (χ0v) is 16.6. The van der Waals surface area contributed by atoms with Crippen molar-refractivity contribution in [1.29, 1.82) is 0 Å². The highest BCUT2D eigenvalue weighted by molar-refractivity contribution is 8.00. The van der Waals surface area contributed by atoms with Gasteiger partial charge in [0.2, 0.25) is 5.91 Å². The van der Waals surface area contributed by atoms with Gasteiger partial charge in [0.25, 0.3) is 0 Å². The maximum Gasteiger partial charge on any atom is 0.232 e. The third kappa shape index (κ3) is 4.56. The van der Waals surface area contributed by atoms with Crippen LogP contribution in [-0.4, -0.2) is 56.1 Å². The van der Waals surface area contributed by atoms with E-state index in [1.165, 1.54) is 11.8 Å². The molecule has 27 heavy (non-hydrogen) atoms. The molecule has 1 amide bonds. The lowest BCUT2D eigenvalue weighted by molar-refractivity contribution is -0.129. The van der Waals surface area contributed by atoms with Gasteiger partial charge in [-0.05, 0) is 37.1 Å². The van der Waals surface area contributed by atoms with E-state index in [9.17, 15) is 9.90 Å². The molecule has 2 aromatic rings. The summed E-state index contributed by atoms with van der Waals surface area (Å²) >= 11 is 1.51. The Morgan fingerprint density at radius 2 is 1.93 bits per heavy atom. The summed E-state index contributed by atoms with van der Waals surface area (Å²) in [6.07, 6.45) is 1.89. The molecule has 0 saturated carbocycles. The molecule has 9 heteroatoms. The molecular weight excluding hydrogens is 386 g/mol. The number of carbonyl (C=O) groups is 1. The van der Waals surface area contributed by atoms with Gasteiger partial charge in [0.15, 0.2) is 0 Å². The lowest BCUT2D eigenvalue weighted by Crippen LogP contribution is -2.39. The maximum absolute atomic E-state index is 12.5. The summed E-state index contributed by atoms with van der Waals surface area (Å²) < 4.78 is 2.25. The molecular formula is C18H24ClN5O2S. The van der Waals surface area contributed by atoms with E-state index in [1.807, 2.05) is 17.0 Å². The molecule has 2 aliphatic rings. The van der Waals surface area contributed by atoms with Gasteiger partial charge in [-0.25, -0.2) is 0 Å². The zero-order valence-electron chi connectivity index (χ0n) is 15.0. The molecule has 3 heterocycles. The van der Waals surface area contributed by atoms with Crippen LogP contribution in [0.1, 0.15) is 30.4 Å². The second-order valence-corrected chi connectivity index (χ2v) is 7.79. The van der Waals surface area contributed by atoms with E-state index >= 15 is 0 Å². The Bertz CT molecular complexity index is 775. The smallest absolute Gasteiger partial charge is 0.232 e. The highest BCUT2D eigenvalue weighted by atomic mass is 35.5. The summed E-state index contributed by atoms with van der Waals surface area (Å²) in [7, 11) is 0. The molecule has 2 aliphatic heterocycles. The van der Waals surface area contributed by atoms with Crippen molar-refractivity contribution in [1.82, 2.24) is 25.0 Å². The number of thioether (sulfide) groups is 1. The fourth-order valence-electron chi connectivity index (χ4n) is 3.58. The van der Waals surface area contributed by atoms with Gasteiger partial charge in [-0.2, -0.15) is 0 Å². The van der Waals surface area contributed by atoms with Gasteiger partial charge in [0.05, 0.1) is 12.3 Å². The van der Waals surface area contributed by atoms with Gasteiger partial charge >= 0.3 is 0 Å². The molecule has 0 atom stereocenters. The largest absolute Gasteiger partial charge is 0.508 e. The topological polar surface area (TPSA) is 83.3 Å². The number of carbonyl (C=O) groups excluding carboxylic acids is 1. The summed E-state index contributed by atoms with van der Waals surface area (Å²) in [6.45, 7) is 4.24. The molecule has 7 nitrogen and oxygen atoms in total. The van der Waals surface area contributed by atoms with Crippen LogP contribution in [0.4, 0.5) is 0 Å². The SMILES string of the molecule is Cl.O=C(CSc1ccc(O)cc1)N1CCC(c2nnc3n2CCNC3)CC1. The number of aromatic hydroxyl groups is 1. The van der Waals surface area contributed by atoms with Crippen LogP contribution in [0.15, 0.2) is 29.2 Å². The van der Waals surface area contributed by atoms with E-state index in [0.29, 0.717) is 11.7 Å². The Kier molecular flexibility index (Phi) is 6.62. The van der Waals surface area contributed by atoms with Crippen LogP contribution in [-0.2, 0) is 17.9 Å². The number of hydrogen-bond donors (Lipinski definition) is 2. The van der Waals surface area contributed by atoms with Crippen LogP contribution in [0.2, 0.25) is 0 Å². The Balaban J connectivity index is 0.00000210. The van der Waals surface area contributed by atoms with Crippen molar-refractivity contribution in [3.05, 3.63) is 35.9 Å². The molecule has 1 aromatic heterocycles. The highest BCUT2D eigenvalue weighted by Gasteiger charge is 2.28. The first-order valence-corrected chi connectivity index (χ1v) is 10.0. The number of likely N-dealkylation sites (tertiary alicyclic amines) is 1. The summed E-state index contributed by atoms with van der Waals surface area (Å²) in [6, 6.07) is 6.96. The number of nitrogens with one attached hydrogen (secondary N) is 1. The van der Waals surface area contributed by atoms with Crippen molar-refractivity contribution in [3.63, 3.8) is 0 Å². The van der Waals surface area contributed by atoms with E-state index in [2.05, 4.69) is 20.1 Å². The number of fused-ring (bicyclic) bond motifs is 1. The van der Waals surface area contributed by atoms with Crippen LogP contribution in [0.5, 0.6) is 5.75 Å². The normalized spacial score (nSPS) is 17.3. The lowest BCUT2D eigenvalue weighted by atomic mass is 9.95. The summed E-state index contributed by atoms with van der Waals surface area (Å²) in [5, 5.41) is 21.4. The molecule has 1 aromatic carbocycles. The minimum absolute atomic E-state index is 0. The molecule has 4 rings (SSSR count). The summed E-state index contributed by atoms with van der Waals surface area (Å²) in [5.74, 6) is 3.36. The fourth-order valence-corrected chi connectivity index (χ4v) is 4.38. The second-order valence-electron chi connectivity index (χ2n) is 6.74. The maximum atomic E-state index is 12.5. The number of phenolic OH excluding ortho intramolecular Hbond substituents is 1. The van der Waals surface area contributed by atoms with Crippen molar-refractivity contribution in [2.75, 3.05) is 25.4 Å². The summed E-state index contributed by atoms with van der Waals surface area (Å²) in [4.78, 5) is 15.4. The average Bonchev–Trinajstić information content (AvgIpc) is 3.11. The number of phenols is 1. The fraction of sp³-hybridized carbons (Fsp3) is 0.500. The first-order valence-electron chi connectivity index (χ1n) is 9.03. The standard InChI is InChI=1S/C18H23N5O2S.ClH/c24-14-1-3-15(4-2-14)26-12-17(25)22-8-5-13(6-9-22)18-21-20-16-11-19-7-10-23(16)18;/h1-4,13,19,24H,5-12H2;1H. The molecule has 0 unspecified atom stereocenters. The number of amides is 1. The van der Waals surface area contributed by atoms with Gasteiger partial charge in [-0.15, -0.1) is 34.4 Å². The quantitative estimate of drug-likeness (QED) is 0.751. The molecule has 2 N–H and O–H groups in total. The summed E-state index contributed by atoms with van der Waals surface area (Å²) in [5.41, 5.74) is 0. The van der Waals surface area contributed by atoms with E-state index in [4.69, 9.17) is 0 Å². The number of nitrogens with zero attached hydrogens (tertiary/aromatic N) is 4. The number of halogens is 1. The molecule has 0 radical (unpaired) electrons. The van der Waals surface area contributed by atoms with Crippen LogP contribution < -0.4 is 5.32 Å². The molecule has 0 aliphatic carbocycles. The average molecular weight is 410 g/mol. The second kappa shape index (κ2) is 8.95. The Morgan fingerprint density at radius 3 is 2.67 bits per heavy atom. The third-order valence-electron chi connectivity index (χ3n) is 5.06. The van der Waals surface area contributed by atoms with E-state index in [0.717, 1.165) is 62.1 Å². The van der Waals surface area contributed by atoms with Crippen molar-refractivity contribution in [2.24, 2.45) is 0 Å². The van der Waals surface area contributed by atoms with E-state index in [1.54, 1.807) is 12.1 Å². The van der Waals surface area contributed by atoms with Gasteiger partial charge < -0.3 is 19.9 Å². The van der Waals surface area contributed by atoms with Crippen molar-refractivity contribution in [2.45, 2.75) is 36.7 Å². The Labute approximate surface area is 168 Å². The van der Waals surface area contributed by atoms with E-state index < -0.39 is 0 Å². The highest BCUT2D eigenvalue weighted by Crippen LogP contribution is 2.28. The number of hydrogen-bond acceptors (Lipinski definition) is 6. The zero-order chi connectivity index (χ0) is 17.9. The molecule has 146 valence electrons. The molecule has 1 fully saturated rings. The van der Waals surface area contributed by atoms with Gasteiger partial charge in [-0.3, -0.25) is 4.79 Å². The predicted octanol–water partition coefficient (Wildman–Crippen LogP) is 2.01. The van der Waals surface area contributed by atoms with Crippen LogP contribution in [0.3, 0.4) is 0 Å². The van der Waals surface area contributed by atoms with Crippen molar-refractivity contribution < 1.29 is 9.90 Å². The Hall–Kier alpha value is -1.77. The van der Waals surface area contributed by atoms with Crippen LogP contribution >= 0.6 is 24.2 Å². The number of benzene rings is 1.